The first-order valence-corrected chi connectivity index (χ1v) is 9.77. The molecular weight excluding hydrogens is 400 g/mol. The van der Waals surface area contributed by atoms with Crippen molar-refractivity contribution in [3.8, 4) is 0 Å². The zero-order chi connectivity index (χ0) is 22.3. The fourth-order valence-corrected chi connectivity index (χ4v) is 2.78. The third-order valence-electron chi connectivity index (χ3n) is 4.50. The van der Waals surface area contributed by atoms with E-state index in [1.54, 1.807) is 32.2 Å². The number of amidine groups is 1. The second-order valence-electron chi connectivity index (χ2n) is 7.00. The lowest BCUT2D eigenvalue weighted by atomic mass is 10.1. The number of carbonyl (C=O) groups is 1. The number of oxime groups is 1. The quantitative estimate of drug-likeness (QED) is 0.266. The van der Waals surface area contributed by atoms with E-state index in [1.165, 1.54) is 0 Å². The highest BCUT2D eigenvalue weighted by Gasteiger charge is 2.37. The monoisotopic (exact) mass is 426 g/mol. The molecule has 4 N–H and O–H groups in total. The van der Waals surface area contributed by atoms with Crippen LogP contribution < -0.4 is 11.2 Å². The highest BCUT2D eigenvalue weighted by Crippen LogP contribution is 2.20. The number of rotatable bonds is 7. The van der Waals surface area contributed by atoms with Crippen LogP contribution in [0.15, 0.2) is 53.7 Å². The number of carbonyl (C=O) groups excluding carboxylic acids is 1. The Morgan fingerprint density at radius 1 is 1.26 bits per heavy atom. The fraction of sp³-hybridized carbons (Fsp3) is 0.333. The Labute approximate surface area is 180 Å². The Balaban J connectivity index is 1.67. The van der Waals surface area contributed by atoms with Gasteiger partial charge in [-0.1, -0.05) is 41.6 Å². The highest BCUT2D eigenvalue weighted by molar-refractivity contribution is 6.46. The van der Waals surface area contributed by atoms with E-state index >= 15 is 0 Å². The molecule has 3 rings (SSSR count). The number of nitrogens with zero attached hydrogens (tertiary/aromatic N) is 3. The van der Waals surface area contributed by atoms with E-state index in [0.717, 1.165) is 11.4 Å². The van der Waals surface area contributed by atoms with Crippen molar-refractivity contribution in [3.63, 3.8) is 0 Å². The van der Waals surface area contributed by atoms with E-state index in [2.05, 4.69) is 15.5 Å². The largest absolute Gasteiger partial charge is 0.389 e. The maximum Gasteiger partial charge on any atom is 0.285 e. The van der Waals surface area contributed by atoms with Crippen LogP contribution in [-0.2, 0) is 25.7 Å². The molecule has 31 heavy (non-hydrogen) atoms. The van der Waals surface area contributed by atoms with Crippen LogP contribution in [0.1, 0.15) is 24.6 Å². The summed E-state index contributed by atoms with van der Waals surface area (Å²) in [5.74, 6) is 4.27. The van der Waals surface area contributed by atoms with Crippen LogP contribution in [0.5, 0.6) is 0 Å². The van der Waals surface area contributed by atoms with Crippen LogP contribution in [0.25, 0.3) is 0 Å². The van der Waals surface area contributed by atoms with Gasteiger partial charge in [-0.05, 0) is 25.5 Å². The van der Waals surface area contributed by atoms with Gasteiger partial charge in [-0.2, -0.15) is 0 Å². The number of nitrogens with one attached hydrogen (secondary N) is 2. The molecule has 0 saturated carbocycles. The van der Waals surface area contributed by atoms with Gasteiger partial charge in [-0.15, -0.1) is 0 Å². The molecule has 0 bridgehead atoms. The highest BCUT2D eigenvalue weighted by atomic mass is 16.7. The number of ether oxygens (including phenoxy) is 2. The maximum atomic E-state index is 12.5. The number of hydrogen-bond donors (Lipinski definition) is 3. The van der Waals surface area contributed by atoms with Crippen LogP contribution in [0.4, 0.5) is 5.82 Å². The summed E-state index contributed by atoms with van der Waals surface area (Å²) >= 11 is 0. The lowest BCUT2D eigenvalue weighted by Crippen LogP contribution is -2.48. The van der Waals surface area contributed by atoms with E-state index in [1.807, 2.05) is 30.3 Å². The second-order valence-corrected chi connectivity index (χ2v) is 7.00. The zero-order valence-corrected chi connectivity index (χ0v) is 17.5. The molecular formula is C21H26N6O4. The Morgan fingerprint density at radius 2 is 1.97 bits per heavy atom. The lowest BCUT2D eigenvalue weighted by molar-refractivity contribution is -0.241. The minimum atomic E-state index is -1.34. The summed E-state index contributed by atoms with van der Waals surface area (Å²) in [4.78, 5) is 22.3. The summed E-state index contributed by atoms with van der Waals surface area (Å²) in [6.07, 6.45) is 0.747. The molecule has 0 radical (unpaired) electrons. The first kappa shape index (κ1) is 22.3. The lowest BCUT2D eigenvalue weighted by Gasteiger charge is -2.32. The van der Waals surface area contributed by atoms with Gasteiger partial charge in [0.25, 0.3) is 5.91 Å². The summed E-state index contributed by atoms with van der Waals surface area (Å²) < 4.78 is 10.9. The molecule has 1 aromatic heterocycles. The normalized spacial score (nSPS) is 15.8. The average molecular weight is 426 g/mol. The predicted molar refractivity (Wildman–Crippen MR) is 115 cm³/mol. The molecule has 0 atom stereocenters. The topological polar surface area (TPSA) is 135 Å². The molecule has 0 spiro atoms. The summed E-state index contributed by atoms with van der Waals surface area (Å²) in [5, 5.41) is 16.1. The number of hydrogen-bond acceptors (Lipinski definition) is 8. The number of nitrogens with two attached hydrogens (primary N) is 1. The molecule has 164 valence electrons. The molecule has 1 aromatic carbocycles. The minimum Gasteiger partial charge on any atom is -0.389 e. The van der Waals surface area contributed by atoms with Crippen molar-refractivity contribution in [1.82, 2.24) is 9.99 Å². The van der Waals surface area contributed by atoms with Crippen molar-refractivity contribution in [2.75, 3.05) is 25.6 Å². The van der Waals surface area contributed by atoms with Gasteiger partial charge in [0.05, 0.1) is 18.9 Å². The van der Waals surface area contributed by atoms with Crippen LogP contribution in [-0.4, -0.2) is 53.5 Å². The van der Waals surface area contributed by atoms with Gasteiger partial charge in [-0.25, -0.2) is 10.8 Å². The molecule has 2 heterocycles. The average Bonchev–Trinajstić information content (AvgIpc) is 2.77. The van der Waals surface area contributed by atoms with Crippen LogP contribution in [0, 0.1) is 5.41 Å². The van der Waals surface area contributed by atoms with Gasteiger partial charge in [0.15, 0.2) is 18.2 Å². The number of amides is 1. The van der Waals surface area contributed by atoms with Gasteiger partial charge >= 0.3 is 0 Å². The first-order valence-electron chi connectivity index (χ1n) is 9.77. The number of pyridine rings is 1. The van der Waals surface area contributed by atoms with Gasteiger partial charge in [0.2, 0.25) is 5.79 Å². The van der Waals surface area contributed by atoms with Crippen molar-refractivity contribution in [2.24, 2.45) is 11.0 Å². The minimum absolute atomic E-state index is 0.000832. The Kier molecular flexibility index (Phi) is 7.29. The molecule has 10 nitrogen and oxygen atoms in total. The van der Waals surface area contributed by atoms with Crippen molar-refractivity contribution >= 4 is 23.3 Å². The van der Waals surface area contributed by atoms with Crippen LogP contribution in [0.2, 0.25) is 0 Å². The van der Waals surface area contributed by atoms with Gasteiger partial charge in [0.1, 0.15) is 5.82 Å². The molecule has 2 aromatic rings. The third-order valence-corrected chi connectivity index (χ3v) is 4.50. The molecule has 1 aliphatic heterocycles. The number of benzene rings is 1. The molecule has 1 aliphatic rings. The van der Waals surface area contributed by atoms with Crippen LogP contribution >= 0.6 is 0 Å². The van der Waals surface area contributed by atoms with Crippen molar-refractivity contribution in [3.05, 3.63) is 59.8 Å². The summed E-state index contributed by atoms with van der Waals surface area (Å²) in [5.41, 5.74) is 1.52. The number of hydrazine groups is 1. The Hall–Kier alpha value is -3.34. The van der Waals surface area contributed by atoms with Gasteiger partial charge < -0.3 is 19.6 Å². The molecule has 1 fully saturated rings. The Bertz CT molecular complexity index is 942. The smallest absolute Gasteiger partial charge is 0.285 e. The zero-order valence-electron chi connectivity index (χ0n) is 17.5. The third kappa shape index (κ3) is 5.85. The summed E-state index contributed by atoms with van der Waals surface area (Å²) in [6.45, 7) is 2.53. The van der Waals surface area contributed by atoms with E-state index in [9.17, 15) is 4.79 Å². The predicted octanol–water partition coefficient (Wildman–Crippen LogP) is 1.88. The summed E-state index contributed by atoms with van der Waals surface area (Å²) in [6, 6.07) is 14.3. The van der Waals surface area contributed by atoms with E-state index < -0.39 is 11.7 Å². The molecule has 0 unspecified atom stereocenters. The number of aromatic nitrogens is 1. The standard InChI is InChI=1S/C21H26N6O4/c1-21(29-12-7-13-30-21)20(28)25-17-11-6-10-16(24-17)14-31-26-18(19(22)27(2)23)15-8-4-3-5-9-15/h3-6,8-11,22H,7,12-14,23H2,1-2H3,(H,24,25,28)/b22-19?,26-18-. The Morgan fingerprint density at radius 3 is 2.65 bits per heavy atom. The molecule has 0 aliphatic carbocycles. The van der Waals surface area contributed by atoms with E-state index in [0.29, 0.717) is 30.3 Å². The van der Waals surface area contributed by atoms with Crippen molar-refractivity contribution in [2.45, 2.75) is 25.7 Å². The molecule has 1 amide bonds. The van der Waals surface area contributed by atoms with Gasteiger partial charge in [0, 0.05) is 12.6 Å². The van der Waals surface area contributed by atoms with E-state index in [-0.39, 0.29) is 18.2 Å². The fourth-order valence-electron chi connectivity index (χ4n) is 2.78. The maximum absolute atomic E-state index is 12.5. The second kappa shape index (κ2) is 10.1. The summed E-state index contributed by atoms with van der Waals surface area (Å²) in [7, 11) is 1.55. The SMILES string of the molecule is CN(N)C(=N)/C(=N\OCc1cccc(NC(=O)C2(C)OCCCO2)n1)c1ccccc1. The number of anilines is 1. The number of likely N-dealkylation sites (N-methyl/N-ethyl adjacent to an activating group) is 1. The van der Waals surface area contributed by atoms with Crippen LogP contribution in [0.3, 0.4) is 0 Å². The van der Waals surface area contributed by atoms with Crippen molar-refractivity contribution < 1.29 is 19.1 Å². The molecule has 10 heteroatoms. The molecule has 1 saturated heterocycles. The van der Waals surface area contributed by atoms with Crippen molar-refractivity contribution in [1.29, 1.82) is 5.41 Å². The first-order chi connectivity index (χ1) is 14.9. The van der Waals surface area contributed by atoms with Gasteiger partial charge in [-0.3, -0.25) is 15.2 Å². The van der Waals surface area contributed by atoms with E-state index in [4.69, 9.17) is 25.6 Å².